The van der Waals surface area contributed by atoms with Gasteiger partial charge in [0, 0.05) is 5.92 Å². The van der Waals surface area contributed by atoms with Crippen LogP contribution in [0.3, 0.4) is 0 Å². The standard InChI is InChI=1S/C21H23N3O5/c1-21-10-4-3-5-16(21)19(21)20(25)23-22-12-14-7-9-18(29-14)15-8-6-13(28-2)11-17(15)24(26)27/h6-9,11-12,16,19H,3-5,10H2,1-2H3,(H,23,25)/b22-12-/t16-,19-,21+/m1/s1. The molecule has 1 N–H and O–H groups in total. The lowest BCUT2D eigenvalue weighted by Crippen LogP contribution is -2.22. The number of nitrogens with zero attached hydrogens (tertiary/aromatic N) is 2. The maximum atomic E-state index is 12.4. The predicted octanol–water partition coefficient (Wildman–Crippen LogP) is 4.14. The number of fused-ring (bicyclic) bond motifs is 1. The summed E-state index contributed by atoms with van der Waals surface area (Å²) in [5.41, 5.74) is 2.97. The van der Waals surface area contributed by atoms with E-state index in [1.165, 1.54) is 32.2 Å². The summed E-state index contributed by atoms with van der Waals surface area (Å²) < 4.78 is 10.7. The number of methoxy groups -OCH3 is 1. The van der Waals surface area contributed by atoms with Crippen LogP contribution in [0, 0.1) is 27.4 Å². The minimum absolute atomic E-state index is 0.0382. The van der Waals surface area contributed by atoms with Crippen molar-refractivity contribution < 1.29 is 18.9 Å². The summed E-state index contributed by atoms with van der Waals surface area (Å²) in [6, 6.07) is 7.84. The molecular weight excluding hydrogens is 374 g/mol. The lowest BCUT2D eigenvalue weighted by molar-refractivity contribution is -0.384. The zero-order valence-electron chi connectivity index (χ0n) is 16.4. The highest BCUT2D eigenvalue weighted by Gasteiger charge is 2.64. The number of furan rings is 1. The predicted molar refractivity (Wildman–Crippen MR) is 107 cm³/mol. The summed E-state index contributed by atoms with van der Waals surface area (Å²) in [7, 11) is 1.45. The quantitative estimate of drug-likeness (QED) is 0.448. The molecule has 2 saturated carbocycles. The molecule has 1 heterocycles. The monoisotopic (exact) mass is 397 g/mol. The maximum Gasteiger partial charge on any atom is 0.284 e. The summed E-state index contributed by atoms with van der Waals surface area (Å²) in [5.74, 6) is 1.59. The third-order valence-corrected chi connectivity index (χ3v) is 6.27. The van der Waals surface area contributed by atoms with E-state index in [1.807, 2.05) is 0 Å². The first kappa shape index (κ1) is 19.2. The third kappa shape index (κ3) is 3.50. The van der Waals surface area contributed by atoms with E-state index in [0.717, 1.165) is 12.8 Å². The van der Waals surface area contributed by atoms with E-state index in [9.17, 15) is 14.9 Å². The molecule has 2 aromatic rings. The van der Waals surface area contributed by atoms with Crippen LogP contribution in [0.15, 0.2) is 39.9 Å². The zero-order chi connectivity index (χ0) is 20.6. The van der Waals surface area contributed by atoms with Gasteiger partial charge in [-0.25, -0.2) is 5.43 Å². The topological polar surface area (TPSA) is 107 Å². The van der Waals surface area contributed by atoms with Gasteiger partial charge >= 0.3 is 0 Å². The second-order valence-electron chi connectivity index (χ2n) is 7.91. The third-order valence-electron chi connectivity index (χ3n) is 6.27. The van der Waals surface area contributed by atoms with Crippen molar-refractivity contribution in [1.29, 1.82) is 0 Å². The van der Waals surface area contributed by atoms with E-state index >= 15 is 0 Å². The van der Waals surface area contributed by atoms with Gasteiger partial charge in [0.15, 0.2) is 0 Å². The highest BCUT2D eigenvalue weighted by Crippen LogP contribution is 2.66. The number of benzene rings is 1. The van der Waals surface area contributed by atoms with Gasteiger partial charge in [-0.1, -0.05) is 19.8 Å². The molecule has 8 heteroatoms. The number of hydrogen-bond acceptors (Lipinski definition) is 6. The lowest BCUT2D eigenvalue weighted by Gasteiger charge is -2.15. The second kappa shape index (κ2) is 7.35. The number of hydrazone groups is 1. The van der Waals surface area contributed by atoms with Crippen molar-refractivity contribution in [1.82, 2.24) is 5.43 Å². The molecule has 1 aromatic carbocycles. The van der Waals surface area contributed by atoms with Gasteiger partial charge in [-0.2, -0.15) is 5.10 Å². The average molecular weight is 397 g/mol. The molecule has 0 unspecified atom stereocenters. The number of amides is 1. The van der Waals surface area contributed by atoms with Crippen LogP contribution in [0.25, 0.3) is 11.3 Å². The SMILES string of the molecule is COc1ccc(-c2ccc(/C=N\NC(=O)[C@H]3[C@H]4CCCC[C@@]43C)o2)c([N+](=O)[O-])c1. The van der Waals surface area contributed by atoms with Gasteiger partial charge in [0.05, 0.1) is 29.9 Å². The zero-order valence-corrected chi connectivity index (χ0v) is 16.4. The molecule has 2 aliphatic carbocycles. The number of nitro groups is 1. The summed E-state index contributed by atoms with van der Waals surface area (Å²) in [6.45, 7) is 2.19. The van der Waals surface area contributed by atoms with E-state index in [4.69, 9.17) is 9.15 Å². The maximum absolute atomic E-state index is 12.4. The van der Waals surface area contributed by atoms with E-state index in [0.29, 0.717) is 28.8 Å². The number of nitro benzene ring substituents is 1. The van der Waals surface area contributed by atoms with E-state index in [-0.39, 0.29) is 22.9 Å². The normalized spacial score (nSPS) is 25.4. The minimum atomic E-state index is -0.482. The van der Waals surface area contributed by atoms with Crippen molar-refractivity contribution in [3.8, 4) is 17.1 Å². The van der Waals surface area contributed by atoms with Gasteiger partial charge < -0.3 is 9.15 Å². The van der Waals surface area contributed by atoms with Crippen molar-refractivity contribution in [3.05, 3.63) is 46.2 Å². The molecule has 0 bridgehead atoms. The van der Waals surface area contributed by atoms with Crippen LogP contribution in [-0.4, -0.2) is 24.2 Å². The van der Waals surface area contributed by atoms with Gasteiger partial charge in [-0.05, 0) is 48.4 Å². The lowest BCUT2D eigenvalue weighted by atomic mass is 9.90. The number of hydrogen-bond donors (Lipinski definition) is 1. The van der Waals surface area contributed by atoms with Gasteiger partial charge in [0.1, 0.15) is 17.3 Å². The Hall–Kier alpha value is -3.16. The highest BCUT2D eigenvalue weighted by atomic mass is 16.6. The van der Waals surface area contributed by atoms with Gasteiger partial charge in [-0.3, -0.25) is 14.9 Å². The minimum Gasteiger partial charge on any atom is -0.497 e. The molecule has 29 heavy (non-hydrogen) atoms. The fourth-order valence-electron chi connectivity index (χ4n) is 4.64. The van der Waals surface area contributed by atoms with Crippen LogP contribution in [0.5, 0.6) is 5.75 Å². The van der Waals surface area contributed by atoms with Crippen molar-refractivity contribution in [3.63, 3.8) is 0 Å². The van der Waals surface area contributed by atoms with Crippen LogP contribution in [-0.2, 0) is 4.79 Å². The molecule has 3 atom stereocenters. The van der Waals surface area contributed by atoms with Crippen LogP contribution in [0.1, 0.15) is 38.4 Å². The van der Waals surface area contributed by atoms with Gasteiger partial charge in [0.2, 0.25) is 5.91 Å². The number of carbonyl (C=O) groups excluding carboxylic acids is 1. The Labute approximate surface area is 168 Å². The number of ether oxygens (including phenoxy) is 1. The van der Waals surface area contributed by atoms with Crippen molar-refractivity contribution in [2.45, 2.75) is 32.6 Å². The Bertz CT molecular complexity index is 982. The molecule has 4 rings (SSSR count). The van der Waals surface area contributed by atoms with Crippen molar-refractivity contribution in [2.75, 3.05) is 7.11 Å². The fraction of sp³-hybridized carbons (Fsp3) is 0.429. The summed E-state index contributed by atoms with van der Waals surface area (Å²) >= 11 is 0. The molecule has 2 fully saturated rings. The number of nitrogens with one attached hydrogen (secondary N) is 1. The summed E-state index contributed by atoms with van der Waals surface area (Å²) in [4.78, 5) is 23.3. The van der Waals surface area contributed by atoms with Crippen LogP contribution in [0.2, 0.25) is 0 Å². The summed E-state index contributed by atoms with van der Waals surface area (Å²) in [5, 5.41) is 15.4. The van der Waals surface area contributed by atoms with Crippen LogP contribution < -0.4 is 10.2 Å². The highest BCUT2D eigenvalue weighted by molar-refractivity contribution is 5.85. The van der Waals surface area contributed by atoms with Gasteiger partial charge in [-0.15, -0.1) is 0 Å². The van der Waals surface area contributed by atoms with Crippen LogP contribution in [0.4, 0.5) is 5.69 Å². The summed E-state index contributed by atoms with van der Waals surface area (Å²) in [6.07, 6.45) is 6.00. The Kier molecular flexibility index (Phi) is 4.86. The molecule has 0 saturated heterocycles. The second-order valence-corrected chi connectivity index (χ2v) is 7.91. The Morgan fingerprint density at radius 1 is 1.38 bits per heavy atom. The fourth-order valence-corrected chi connectivity index (χ4v) is 4.64. The van der Waals surface area contributed by atoms with Gasteiger partial charge in [0.25, 0.3) is 5.69 Å². The van der Waals surface area contributed by atoms with Crippen molar-refractivity contribution >= 4 is 17.8 Å². The van der Waals surface area contributed by atoms with E-state index in [1.54, 1.807) is 24.3 Å². The molecule has 1 aromatic heterocycles. The van der Waals surface area contributed by atoms with E-state index in [2.05, 4.69) is 17.5 Å². The Morgan fingerprint density at radius 3 is 2.90 bits per heavy atom. The molecule has 0 spiro atoms. The van der Waals surface area contributed by atoms with Crippen molar-refractivity contribution in [2.24, 2.45) is 22.4 Å². The molecular formula is C21H23N3O5. The Morgan fingerprint density at radius 2 is 2.21 bits per heavy atom. The Balaban J connectivity index is 1.44. The first-order chi connectivity index (χ1) is 13.9. The number of rotatable bonds is 6. The smallest absolute Gasteiger partial charge is 0.284 e. The molecule has 0 aliphatic heterocycles. The first-order valence-electron chi connectivity index (χ1n) is 9.69. The molecule has 0 radical (unpaired) electrons. The first-order valence-corrected chi connectivity index (χ1v) is 9.69. The number of carbonyl (C=O) groups is 1. The van der Waals surface area contributed by atoms with Crippen LogP contribution >= 0.6 is 0 Å². The average Bonchev–Trinajstić information content (AvgIpc) is 3.08. The molecule has 152 valence electrons. The largest absolute Gasteiger partial charge is 0.497 e. The van der Waals surface area contributed by atoms with E-state index < -0.39 is 4.92 Å². The molecule has 2 aliphatic rings. The molecule has 1 amide bonds. The molecule has 8 nitrogen and oxygen atoms in total.